The van der Waals surface area contributed by atoms with Crippen molar-refractivity contribution in [1.29, 1.82) is 0 Å². The zero-order valence-corrected chi connectivity index (χ0v) is 11.9. The quantitative estimate of drug-likeness (QED) is 0.856. The second kappa shape index (κ2) is 7.39. The molecule has 0 unspecified atom stereocenters. The largest absolute Gasteiger partial charge is 0.493 e. The SMILES string of the molecule is Cc1cc(OCCN)cc(OCC2CCCCC2)c1. The summed E-state index contributed by atoms with van der Waals surface area (Å²) in [6.45, 7) is 3.97. The molecule has 0 spiro atoms. The van der Waals surface area contributed by atoms with E-state index in [0.29, 0.717) is 13.2 Å². The van der Waals surface area contributed by atoms with Gasteiger partial charge in [0.05, 0.1) is 6.61 Å². The van der Waals surface area contributed by atoms with Crippen molar-refractivity contribution in [3.05, 3.63) is 23.8 Å². The van der Waals surface area contributed by atoms with E-state index in [0.717, 1.165) is 29.6 Å². The predicted molar refractivity (Wildman–Crippen MR) is 77.8 cm³/mol. The molecular formula is C16H25NO2. The molecule has 0 amide bonds. The van der Waals surface area contributed by atoms with Crippen molar-refractivity contribution in [2.24, 2.45) is 11.7 Å². The highest BCUT2D eigenvalue weighted by molar-refractivity contribution is 5.37. The highest BCUT2D eigenvalue weighted by Gasteiger charge is 2.14. The molecule has 1 fully saturated rings. The first-order valence-electron chi connectivity index (χ1n) is 7.35. The maximum absolute atomic E-state index is 5.94. The van der Waals surface area contributed by atoms with Crippen LogP contribution >= 0.6 is 0 Å². The van der Waals surface area contributed by atoms with E-state index in [4.69, 9.17) is 15.2 Å². The number of aryl methyl sites for hydroxylation is 1. The minimum Gasteiger partial charge on any atom is -0.493 e. The molecule has 1 aliphatic rings. The van der Waals surface area contributed by atoms with Crippen molar-refractivity contribution < 1.29 is 9.47 Å². The molecule has 2 N–H and O–H groups in total. The highest BCUT2D eigenvalue weighted by atomic mass is 16.5. The molecule has 0 aromatic heterocycles. The van der Waals surface area contributed by atoms with Crippen molar-refractivity contribution in [1.82, 2.24) is 0 Å². The fourth-order valence-corrected chi connectivity index (χ4v) is 2.63. The number of rotatable bonds is 6. The normalized spacial score (nSPS) is 16.3. The second-order valence-corrected chi connectivity index (χ2v) is 5.43. The maximum Gasteiger partial charge on any atom is 0.123 e. The second-order valence-electron chi connectivity index (χ2n) is 5.43. The van der Waals surface area contributed by atoms with Crippen molar-refractivity contribution in [2.45, 2.75) is 39.0 Å². The summed E-state index contributed by atoms with van der Waals surface area (Å²) in [5.41, 5.74) is 6.61. The Kier molecular flexibility index (Phi) is 5.52. The minimum absolute atomic E-state index is 0.534. The number of nitrogens with two attached hydrogens (primary N) is 1. The molecule has 1 saturated carbocycles. The molecule has 0 radical (unpaired) electrons. The van der Waals surface area contributed by atoms with Crippen molar-refractivity contribution in [3.8, 4) is 11.5 Å². The fourth-order valence-electron chi connectivity index (χ4n) is 2.63. The molecule has 0 aliphatic heterocycles. The van der Waals surface area contributed by atoms with Gasteiger partial charge in [0.1, 0.15) is 18.1 Å². The Balaban J connectivity index is 1.89. The van der Waals surface area contributed by atoms with E-state index < -0.39 is 0 Å². The van der Waals surface area contributed by atoms with Crippen LogP contribution in [-0.2, 0) is 0 Å². The lowest BCUT2D eigenvalue weighted by Gasteiger charge is -2.22. The number of hydrogen-bond donors (Lipinski definition) is 1. The lowest BCUT2D eigenvalue weighted by molar-refractivity contribution is 0.208. The Hall–Kier alpha value is -1.22. The van der Waals surface area contributed by atoms with Gasteiger partial charge in [-0.25, -0.2) is 0 Å². The number of ether oxygens (including phenoxy) is 2. The zero-order valence-electron chi connectivity index (χ0n) is 11.9. The van der Waals surface area contributed by atoms with Gasteiger partial charge >= 0.3 is 0 Å². The lowest BCUT2D eigenvalue weighted by Crippen LogP contribution is -2.15. The van der Waals surface area contributed by atoms with Crippen molar-refractivity contribution in [3.63, 3.8) is 0 Å². The van der Waals surface area contributed by atoms with Crippen molar-refractivity contribution >= 4 is 0 Å². The van der Waals surface area contributed by atoms with Crippen LogP contribution in [0.15, 0.2) is 18.2 Å². The van der Waals surface area contributed by atoms with Gasteiger partial charge in [0.15, 0.2) is 0 Å². The van der Waals surface area contributed by atoms with Crippen LogP contribution in [0.25, 0.3) is 0 Å². The first kappa shape index (κ1) is 14.2. The van der Waals surface area contributed by atoms with Gasteiger partial charge in [0, 0.05) is 12.6 Å². The van der Waals surface area contributed by atoms with Crippen LogP contribution in [0, 0.1) is 12.8 Å². The van der Waals surface area contributed by atoms with E-state index >= 15 is 0 Å². The molecular weight excluding hydrogens is 238 g/mol. The van der Waals surface area contributed by atoms with Crippen LogP contribution in [0.5, 0.6) is 11.5 Å². The van der Waals surface area contributed by atoms with Crippen LogP contribution in [0.1, 0.15) is 37.7 Å². The summed E-state index contributed by atoms with van der Waals surface area (Å²) in [6, 6.07) is 6.05. The summed E-state index contributed by atoms with van der Waals surface area (Å²) in [6.07, 6.45) is 6.71. The van der Waals surface area contributed by atoms with Gasteiger partial charge in [-0.15, -0.1) is 0 Å². The van der Waals surface area contributed by atoms with Crippen LogP contribution in [0.3, 0.4) is 0 Å². The molecule has 2 rings (SSSR count). The molecule has 19 heavy (non-hydrogen) atoms. The Morgan fingerprint density at radius 2 is 1.74 bits per heavy atom. The maximum atomic E-state index is 5.94. The summed E-state index contributed by atoms with van der Waals surface area (Å²) in [7, 11) is 0. The molecule has 3 nitrogen and oxygen atoms in total. The molecule has 0 heterocycles. The van der Waals surface area contributed by atoms with Gasteiger partial charge in [0.25, 0.3) is 0 Å². The molecule has 1 aliphatic carbocycles. The molecule has 0 saturated heterocycles. The first-order valence-corrected chi connectivity index (χ1v) is 7.35. The third-order valence-corrected chi connectivity index (χ3v) is 3.62. The van der Waals surface area contributed by atoms with E-state index in [9.17, 15) is 0 Å². The van der Waals surface area contributed by atoms with E-state index in [-0.39, 0.29) is 0 Å². The van der Waals surface area contributed by atoms with Gasteiger partial charge in [0.2, 0.25) is 0 Å². The van der Waals surface area contributed by atoms with E-state index in [1.54, 1.807) is 0 Å². The summed E-state index contributed by atoms with van der Waals surface area (Å²) in [5, 5.41) is 0. The Morgan fingerprint density at radius 3 is 2.42 bits per heavy atom. The third kappa shape index (κ3) is 4.75. The summed E-state index contributed by atoms with van der Waals surface area (Å²) in [5.74, 6) is 2.49. The highest BCUT2D eigenvalue weighted by Crippen LogP contribution is 2.27. The average Bonchev–Trinajstić information content (AvgIpc) is 2.43. The van der Waals surface area contributed by atoms with Gasteiger partial charge in [-0.05, 0) is 43.4 Å². The molecule has 0 bridgehead atoms. The average molecular weight is 263 g/mol. The van der Waals surface area contributed by atoms with E-state index in [1.807, 2.05) is 12.1 Å². The van der Waals surface area contributed by atoms with Crippen LogP contribution in [-0.4, -0.2) is 19.8 Å². The topological polar surface area (TPSA) is 44.5 Å². The van der Waals surface area contributed by atoms with Crippen LogP contribution in [0.4, 0.5) is 0 Å². The van der Waals surface area contributed by atoms with Crippen LogP contribution in [0.2, 0.25) is 0 Å². The molecule has 106 valence electrons. The Morgan fingerprint density at radius 1 is 1.05 bits per heavy atom. The molecule has 1 aromatic rings. The first-order chi connectivity index (χ1) is 9.28. The fraction of sp³-hybridized carbons (Fsp3) is 0.625. The Bertz CT molecular complexity index is 386. The van der Waals surface area contributed by atoms with Gasteiger partial charge in [-0.2, -0.15) is 0 Å². The molecule has 3 heteroatoms. The monoisotopic (exact) mass is 263 g/mol. The number of hydrogen-bond acceptors (Lipinski definition) is 3. The standard InChI is InChI=1S/C16H25NO2/c1-13-9-15(18-8-7-17)11-16(10-13)19-12-14-5-3-2-4-6-14/h9-11,14H,2-8,12,17H2,1H3. The summed E-state index contributed by atoms with van der Waals surface area (Å²) >= 11 is 0. The Labute approximate surface area is 116 Å². The third-order valence-electron chi connectivity index (χ3n) is 3.62. The number of benzene rings is 1. The molecule has 1 aromatic carbocycles. The minimum atomic E-state index is 0.534. The molecule has 0 atom stereocenters. The van der Waals surface area contributed by atoms with Gasteiger partial charge < -0.3 is 15.2 Å². The smallest absolute Gasteiger partial charge is 0.123 e. The van der Waals surface area contributed by atoms with Crippen molar-refractivity contribution in [2.75, 3.05) is 19.8 Å². The van der Waals surface area contributed by atoms with Crippen LogP contribution < -0.4 is 15.2 Å². The lowest BCUT2D eigenvalue weighted by atomic mass is 9.90. The zero-order chi connectivity index (χ0) is 13.5. The van der Waals surface area contributed by atoms with Gasteiger partial charge in [-0.1, -0.05) is 19.3 Å². The van der Waals surface area contributed by atoms with Gasteiger partial charge in [-0.3, -0.25) is 0 Å². The summed E-state index contributed by atoms with van der Waals surface area (Å²) < 4.78 is 11.5. The summed E-state index contributed by atoms with van der Waals surface area (Å²) in [4.78, 5) is 0. The van der Waals surface area contributed by atoms with E-state index in [2.05, 4.69) is 13.0 Å². The predicted octanol–water partition coefficient (Wildman–Crippen LogP) is 3.29. The van der Waals surface area contributed by atoms with E-state index in [1.165, 1.54) is 32.1 Å².